The number of nitrogens with one attached hydrogen (secondary N) is 1. The summed E-state index contributed by atoms with van der Waals surface area (Å²) in [7, 11) is 2.14. The minimum Gasteiger partial charge on any atom is -0.369 e. The van der Waals surface area contributed by atoms with Crippen LogP contribution in [0.15, 0.2) is 79.0 Å². The standard InChI is InChI=1S/C34H33F3N6O2/c1-41-15-17-42(18-16-41)27-11-7-26(8-12-27)39-33-38-22-30-31(40-33)13-14-43(32(30)45)28-9-5-23(6-10-28)20-29(44)21-24-3-2-4-25(19-24)34(35,36)37/h2-12,19,22H,13-18,20-21H2,1H3,(H,38,39,40). The number of alkyl halides is 3. The SMILES string of the molecule is CN1CCN(c2ccc(Nc3ncc4c(n3)CCN(c3ccc(CC(=O)Cc5cccc(C(F)(F)F)c5)cc3)C4=O)cc2)CC1. The highest BCUT2D eigenvalue weighted by molar-refractivity contribution is 6.07. The van der Waals surface area contributed by atoms with Crippen LogP contribution in [-0.2, 0) is 30.2 Å². The summed E-state index contributed by atoms with van der Waals surface area (Å²) in [5.41, 5.74) is 4.12. The van der Waals surface area contributed by atoms with Gasteiger partial charge in [0.15, 0.2) is 0 Å². The number of piperazine rings is 1. The summed E-state index contributed by atoms with van der Waals surface area (Å²) < 4.78 is 39.0. The summed E-state index contributed by atoms with van der Waals surface area (Å²) in [6.45, 7) is 4.52. The zero-order valence-electron chi connectivity index (χ0n) is 24.8. The number of hydrogen-bond acceptors (Lipinski definition) is 7. The zero-order chi connectivity index (χ0) is 31.6. The van der Waals surface area contributed by atoms with Crippen LogP contribution in [-0.4, -0.2) is 66.3 Å². The molecule has 0 bridgehead atoms. The van der Waals surface area contributed by atoms with Crippen molar-refractivity contribution in [2.24, 2.45) is 0 Å². The van der Waals surface area contributed by atoms with Gasteiger partial charge in [0.1, 0.15) is 5.78 Å². The smallest absolute Gasteiger partial charge is 0.369 e. The highest BCUT2D eigenvalue weighted by atomic mass is 19.4. The van der Waals surface area contributed by atoms with Crippen LogP contribution in [0, 0.1) is 0 Å². The Hall–Kier alpha value is -4.77. The maximum Gasteiger partial charge on any atom is 0.416 e. The molecule has 8 nitrogen and oxygen atoms in total. The van der Waals surface area contributed by atoms with Gasteiger partial charge in [-0.2, -0.15) is 13.2 Å². The number of halogens is 3. The van der Waals surface area contributed by atoms with Gasteiger partial charge in [-0.1, -0.05) is 30.3 Å². The molecule has 0 aliphatic carbocycles. The lowest BCUT2D eigenvalue weighted by Gasteiger charge is -2.34. The first-order valence-corrected chi connectivity index (χ1v) is 14.9. The summed E-state index contributed by atoms with van der Waals surface area (Å²) >= 11 is 0. The van der Waals surface area contributed by atoms with Crippen LogP contribution in [0.1, 0.15) is 32.7 Å². The van der Waals surface area contributed by atoms with E-state index in [1.54, 1.807) is 35.4 Å². The number of likely N-dealkylation sites (N-methyl/N-ethyl adjacent to an activating group) is 1. The van der Waals surface area contributed by atoms with Crippen molar-refractivity contribution >= 4 is 34.7 Å². The number of aromatic nitrogens is 2. The highest BCUT2D eigenvalue weighted by Crippen LogP contribution is 2.30. The summed E-state index contributed by atoms with van der Waals surface area (Å²) in [4.78, 5) is 41.3. The molecule has 2 aliphatic rings. The molecule has 3 heterocycles. The molecule has 232 valence electrons. The molecule has 11 heteroatoms. The van der Waals surface area contributed by atoms with E-state index in [1.807, 2.05) is 12.1 Å². The minimum absolute atomic E-state index is 0.0789. The molecule has 1 aromatic heterocycles. The van der Waals surface area contributed by atoms with Crippen molar-refractivity contribution in [3.8, 4) is 0 Å². The van der Waals surface area contributed by atoms with Crippen LogP contribution in [0.4, 0.5) is 36.2 Å². The van der Waals surface area contributed by atoms with Gasteiger partial charge >= 0.3 is 6.18 Å². The van der Waals surface area contributed by atoms with Crippen molar-refractivity contribution in [1.29, 1.82) is 0 Å². The van der Waals surface area contributed by atoms with Crippen molar-refractivity contribution < 1.29 is 22.8 Å². The van der Waals surface area contributed by atoms with Gasteiger partial charge in [0.2, 0.25) is 5.95 Å². The third-order valence-corrected chi connectivity index (χ3v) is 8.21. The van der Waals surface area contributed by atoms with Gasteiger partial charge < -0.3 is 20.0 Å². The molecule has 1 amide bonds. The van der Waals surface area contributed by atoms with E-state index in [4.69, 9.17) is 0 Å². The van der Waals surface area contributed by atoms with Gasteiger partial charge in [0.05, 0.1) is 16.8 Å². The second-order valence-corrected chi connectivity index (χ2v) is 11.5. The van der Waals surface area contributed by atoms with Crippen molar-refractivity contribution in [1.82, 2.24) is 14.9 Å². The lowest BCUT2D eigenvalue weighted by Crippen LogP contribution is -2.44. The Kier molecular flexibility index (Phi) is 8.53. The number of hydrogen-bond donors (Lipinski definition) is 1. The number of amides is 1. The maximum atomic E-state index is 13.3. The molecule has 1 saturated heterocycles. The van der Waals surface area contributed by atoms with Gasteiger partial charge in [0.25, 0.3) is 5.91 Å². The highest BCUT2D eigenvalue weighted by Gasteiger charge is 2.30. The van der Waals surface area contributed by atoms with Crippen molar-refractivity contribution in [2.45, 2.75) is 25.4 Å². The Morgan fingerprint density at radius 1 is 0.867 bits per heavy atom. The number of ketones is 1. The molecule has 0 saturated carbocycles. The number of nitrogens with zero attached hydrogens (tertiary/aromatic N) is 5. The molecule has 4 aromatic rings. The lowest BCUT2D eigenvalue weighted by atomic mass is 10.0. The Morgan fingerprint density at radius 2 is 1.56 bits per heavy atom. The molecule has 0 atom stereocenters. The van der Waals surface area contributed by atoms with E-state index in [2.05, 4.69) is 44.3 Å². The monoisotopic (exact) mass is 614 g/mol. The molecule has 0 spiro atoms. The average molecular weight is 615 g/mol. The van der Waals surface area contributed by atoms with E-state index in [1.165, 1.54) is 17.8 Å². The minimum atomic E-state index is -4.45. The quantitative estimate of drug-likeness (QED) is 0.279. The number of fused-ring (bicyclic) bond motifs is 1. The molecule has 1 N–H and O–H groups in total. The summed E-state index contributed by atoms with van der Waals surface area (Å²) in [6, 6.07) is 20.1. The van der Waals surface area contributed by atoms with Gasteiger partial charge in [-0.25, -0.2) is 9.97 Å². The number of anilines is 4. The molecule has 2 aliphatic heterocycles. The largest absolute Gasteiger partial charge is 0.416 e. The van der Waals surface area contributed by atoms with Crippen LogP contribution >= 0.6 is 0 Å². The zero-order valence-corrected chi connectivity index (χ0v) is 24.8. The Morgan fingerprint density at radius 3 is 2.27 bits per heavy atom. The van der Waals surface area contributed by atoms with E-state index in [0.29, 0.717) is 41.4 Å². The molecule has 6 rings (SSSR count). The second-order valence-electron chi connectivity index (χ2n) is 11.5. The van der Waals surface area contributed by atoms with Gasteiger partial charge in [-0.15, -0.1) is 0 Å². The van der Waals surface area contributed by atoms with E-state index >= 15 is 0 Å². The van der Waals surface area contributed by atoms with Crippen LogP contribution in [0.5, 0.6) is 0 Å². The summed E-state index contributed by atoms with van der Waals surface area (Å²) in [6.07, 6.45) is -2.36. The predicted molar refractivity (Wildman–Crippen MR) is 167 cm³/mol. The van der Waals surface area contributed by atoms with Crippen molar-refractivity contribution in [3.05, 3.63) is 107 Å². The van der Waals surface area contributed by atoms with Crippen molar-refractivity contribution in [3.63, 3.8) is 0 Å². The lowest BCUT2D eigenvalue weighted by molar-refractivity contribution is -0.137. The van der Waals surface area contributed by atoms with E-state index < -0.39 is 11.7 Å². The number of carbonyl (C=O) groups is 2. The molecule has 45 heavy (non-hydrogen) atoms. The van der Waals surface area contributed by atoms with Crippen LogP contribution in [0.3, 0.4) is 0 Å². The second kappa shape index (κ2) is 12.7. The van der Waals surface area contributed by atoms with Crippen LogP contribution < -0.4 is 15.1 Å². The van der Waals surface area contributed by atoms with E-state index in [0.717, 1.165) is 49.6 Å². The van der Waals surface area contributed by atoms with Gasteiger partial charge in [-0.3, -0.25) is 9.59 Å². The molecule has 1 fully saturated rings. The molecule has 0 radical (unpaired) electrons. The number of carbonyl (C=O) groups excluding carboxylic acids is 2. The molecular formula is C34H33F3N6O2. The normalized spacial score (nSPS) is 15.6. The van der Waals surface area contributed by atoms with Crippen LogP contribution in [0.25, 0.3) is 0 Å². The average Bonchev–Trinajstić information content (AvgIpc) is 3.02. The first-order valence-electron chi connectivity index (χ1n) is 14.9. The summed E-state index contributed by atoms with van der Waals surface area (Å²) in [5.74, 6) is 0.0341. The fourth-order valence-electron chi connectivity index (χ4n) is 5.68. The predicted octanol–water partition coefficient (Wildman–Crippen LogP) is 5.55. The number of benzene rings is 3. The fourth-order valence-corrected chi connectivity index (χ4v) is 5.68. The topological polar surface area (TPSA) is 81.7 Å². The van der Waals surface area contributed by atoms with E-state index in [-0.39, 0.29) is 24.5 Å². The number of Topliss-reactive ketones (excluding diaryl/α,β-unsaturated/α-hetero) is 1. The van der Waals surface area contributed by atoms with Gasteiger partial charge in [0, 0.05) is 75.2 Å². The molecule has 3 aromatic carbocycles. The van der Waals surface area contributed by atoms with Crippen molar-refractivity contribution in [2.75, 3.05) is 54.9 Å². The molecule has 0 unspecified atom stereocenters. The Labute approximate surface area is 259 Å². The van der Waals surface area contributed by atoms with Crippen LogP contribution in [0.2, 0.25) is 0 Å². The maximum absolute atomic E-state index is 13.3. The van der Waals surface area contributed by atoms with Gasteiger partial charge in [-0.05, 0) is 60.6 Å². The first-order chi connectivity index (χ1) is 21.6. The third-order valence-electron chi connectivity index (χ3n) is 8.21. The number of rotatable bonds is 8. The Balaban J connectivity index is 1.05. The van der Waals surface area contributed by atoms with E-state index in [9.17, 15) is 22.8 Å². The third kappa shape index (κ3) is 7.15. The fraction of sp³-hybridized carbons (Fsp3) is 0.294. The molecular weight excluding hydrogens is 581 g/mol. The summed E-state index contributed by atoms with van der Waals surface area (Å²) in [5, 5.41) is 3.24. The first kappa shape index (κ1) is 30.3. The Bertz CT molecular complexity index is 1680.